The Bertz CT molecular complexity index is 303. The number of carbonyl (C=O) groups excluding carboxylic acids is 1. The van der Waals surface area contributed by atoms with Gasteiger partial charge in [-0.05, 0) is 37.6 Å². The molecule has 0 fully saturated rings. The highest BCUT2D eigenvalue weighted by molar-refractivity contribution is 5.86. The lowest BCUT2D eigenvalue weighted by Gasteiger charge is -2.28. The van der Waals surface area contributed by atoms with Crippen molar-refractivity contribution in [1.29, 1.82) is 0 Å². The smallest absolute Gasteiger partial charge is 0.333 e. The Kier molecular flexibility index (Phi) is 9.46. The number of carbonyl (C=O) groups is 1. The molecule has 0 aromatic carbocycles. The Balaban J connectivity index is 3.67. The summed E-state index contributed by atoms with van der Waals surface area (Å²) in [7, 11) is 0. The Morgan fingerprint density at radius 2 is 2.05 bits per heavy atom. The van der Waals surface area contributed by atoms with Crippen LogP contribution in [0.3, 0.4) is 0 Å². The van der Waals surface area contributed by atoms with Gasteiger partial charge in [-0.2, -0.15) is 0 Å². The highest BCUT2D eigenvalue weighted by Gasteiger charge is 2.20. The topological polar surface area (TPSA) is 73.6 Å². The molecule has 0 spiro atoms. The van der Waals surface area contributed by atoms with Crippen LogP contribution in [-0.4, -0.2) is 32.3 Å². The van der Waals surface area contributed by atoms with Gasteiger partial charge in [0.05, 0.1) is 0 Å². The van der Waals surface area contributed by atoms with E-state index >= 15 is 0 Å². The molecule has 0 aliphatic rings. The molecule has 0 amide bonds. The predicted molar refractivity (Wildman–Crippen MR) is 81.0 cm³/mol. The molecule has 0 saturated carbocycles. The van der Waals surface area contributed by atoms with Crippen molar-refractivity contribution in [2.75, 3.05) is 26.3 Å². The number of hydroxylamine groups is 1. The maximum atomic E-state index is 11.1. The van der Waals surface area contributed by atoms with E-state index in [2.05, 4.69) is 32.8 Å². The van der Waals surface area contributed by atoms with Crippen LogP contribution < -0.4 is 11.2 Å². The monoisotopic (exact) mass is 286 g/mol. The van der Waals surface area contributed by atoms with Crippen LogP contribution in [0.2, 0.25) is 0 Å². The fourth-order valence-electron chi connectivity index (χ4n) is 2.02. The first kappa shape index (κ1) is 19.1. The summed E-state index contributed by atoms with van der Waals surface area (Å²) in [5.74, 6) is 0.220. The summed E-state index contributed by atoms with van der Waals surface area (Å²) >= 11 is 0. The average Bonchev–Trinajstić information content (AvgIpc) is 2.32. The quantitative estimate of drug-likeness (QED) is 0.263. The van der Waals surface area contributed by atoms with Gasteiger partial charge in [-0.15, -0.1) is 0 Å². The predicted octanol–water partition coefficient (Wildman–Crippen LogP) is 2.03. The van der Waals surface area contributed by atoms with Gasteiger partial charge in [0.2, 0.25) is 0 Å². The largest absolute Gasteiger partial charge is 0.460 e. The second kappa shape index (κ2) is 9.91. The van der Waals surface area contributed by atoms with E-state index in [4.69, 9.17) is 15.3 Å². The number of nitrogens with two attached hydrogens (primary N) is 1. The van der Waals surface area contributed by atoms with Crippen molar-refractivity contribution in [3.63, 3.8) is 0 Å². The van der Waals surface area contributed by atoms with Gasteiger partial charge in [-0.3, -0.25) is 4.84 Å². The number of esters is 1. The Labute approximate surface area is 122 Å². The Hall–Kier alpha value is -0.910. The number of ether oxygens (including phenoxy) is 1. The number of hydrogen-bond acceptors (Lipinski definition) is 5. The molecule has 0 aromatic heterocycles. The zero-order chi connectivity index (χ0) is 15.6. The summed E-state index contributed by atoms with van der Waals surface area (Å²) in [4.78, 5) is 16.4. The van der Waals surface area contributed by atoms with Crippen LogP contribution in [0, 0.1) is 11.3 Å². The van der Waals surface area contributed by atoms with Crippen LogP contribution in [0.15, 0.2) is 12.2 Å². The zero-order valence-corrected chi connectivity index (χ0v) is 13.3. The number of nitrogens with one attached hydrogen (secondary N) is 1. The van der Waals surface area contributed by atoms with E-state index in [0.29, 0.717) is 18.1 Å². The number of rotatable bonds is 11. The first-order chi connectivity index (χ1) is 9.28. The Morgan fingerprint density at radius 3 is 2.60 bits per heavy atom. The van der Waals surface area contributed by atoms with Crippen LogP contribution in [-0.2, 0) is 14.4 Å². The molecular weight excluding hydrogens is 256 g/mol. The van der Waals surface area contributed by atoms with E-state index in [-0.39, 0.29) is 18.0 Å². The minimum atomic E-state index is -0.385. The fraction of sp³-hybridized carbons (Fsp3) is 0.800. The van der Waals surface area contributed by atoms with Gasteiger partial charge in [-0.1, -0.05) is 27.4 Å². The normalized spacial score (nSPS) is 13.1. The summed E-state index contributed by atoms with van der Waals surface area (Å²) < 4.78 is 4.91. The molecule has 5 nitrogen and oxygen atoms in total. The van der Waals surface area contributed by atoms with Crippen molar-refractivity contribution in [3.05, 3.63) is 12.2 Å². The van der Waals surface area contributed by atoms with E-state index in [1.165, 1.54) is 0 Å². The standard InChI is InChI=1S/C15H30N2O3/c1-12(2)14(18)19-8-9-20-17-11-15(4,5)10-13(3)6-7-16/h13,17H,1,6-11,16H2,2-5H3. The van der Waals surface area contributed by atoms with Gasteiger partial charge in [0.1, 0.15) is 13.2 Å². The van der Waals surface area contributed by atoms with Crippen molar-refractivity contribution in [2.45, 2.75) is 40.5 Å². The minimum Gasteiger partial charge on any atom is -0.460 e. The molecule has 0 aliphatic carbocycles. The van der Waals surface area contributed by atoms with Crippen LogP contribution in [0.4, 0.5) is 0 Å². The summed E-state index contributed by atoms with van der Waals surface area (Å²) in [5.41, 5.74) is 9.03. The van der Waals surface area contributed by atoms with E-state index in [1.54, 1.807) is 6.92 Å². The van der Waals surface area contributed by atoms with Gasteiger partial charge < -0.3 is 10.5 Å². The van der Waals surface area contributed by atoms with Gasteiger partial charge in [0.15, 0.2) is 0 Å². The molecule has 0 saturated heterocycles. The van der Waals surface area contributed by atoms with Crippen LogP contribution in [0.25, 0.3) is 0 Å². The lowest BCUT2D eigenvalue weighted by atomic mass is 9.82. The van der Waals surface area contributed by atoms with Crippen molar-refractivity contribution in [3.8, 4) is 0 Å². The lowest BCUT2D eigenvalue weighted by Crippen LogP contribution is -2.32. The SMILES string of the molecule is C=C(C)C(=O)OCCONCC(C)(C)CC(C)CCN. The minimum absolute atomic E-state index is 0.142. The lowest BCUT2D eigenvalue weighted by molar-refractivity contribution is -0.141. The highest BCUT2D eigenvalue weighted by Crippen LogP contribution is 2.25. The molecule has 5 heteroatoms. The molecule has 0 aromatic rings. The molecule has 0 aliphatic heterocycles. The molecule has 0 bridgehead atoms. The summed E-state index contributed by atoms with van der Waals surface area (Å²) in [6.45, 7) is 13.8. The second-order valence-corrected chi connectivity index (χ2v) is 6.14. The molecule has 1 unspecified atom stereocenters. The number of hydrogen-bond donors (Lipinski definition) is 2. The molecule has 0 rings (SSSR count). The van der Waals surface area contributed by atoms with Gasteiger partial charge >= 0.3 is 5.97 Å². The summed E-state index contributed by atoms with van der Waals surface area (Å²) in [6, 6.07) is 0. The highest BCUT2D eigenvalue weighted by atomic mass is 16.7. The van der Waals surface area contributed by atoms with Crippen LogP contribution in [0.1, 0.15) is 40.5 Å². The van der Waals surface area contributed by atoms with E-state index in [0.717, 1.165) is 25.9 Å². The zero-order valence-electron chi connectivity index (χ0n) is 13.3. The molecular formula is C15H30N2O3. The van der Waals surface area contributed by atoms with Crippen molar-refractivity contribution >= 4 is 5.97 Å². The van der Waals surface area contributed by atoms with E-state index < -0.39 is 0 Å². The van der Waals surface area contributed by atoms with Crippen LogP contribution in [0.5, 0.6) is 0 Å². The van der Waals surface area contributed by atoms with Gasteiger partial charge in [0.25, 0.3) is 0 Å². The Morgan fingerprint density at radius 1 is 1.40 bits per heavy atom. The van der Waals surface area contributed by atoms with Crippen molar-refractivity contribution in [1.82, 2.24) is 5.48 Å². The van der Waals surface area contributed by atoms with Gasteiger partial charge in [0, 0.05) is 12.1 Å². The fourth-order valence-corrected chi connectivity index (χ4v) is 2.02. The summed E-state index contributed by atoms with van der Waals surface area (Å²) in [6.07, 6.45) is 2.13. The molecule has 1 atom stereocenters. The third kappa shape index (κ3) is 9.95. The molecule has 3 N–H and O–H groups in total. The third-order valence-electron chi connectivity index (χ3n) is 2.98. The first-order valence-corrected chi connectivity index (χ1v) is 7.16. The van der Waals surface area contributed by atoms with Crippen LogP contribution >= 0.6 is 0 Å². The summed E-state index contributed by atoms with van der Waals surface area (Å²) in [5, 5.41) is 0. The molecule has 20 heavy (non-hydrogen) atoms. The van der Waals surface area contributed by atoms with Crippen molar-refractivity contribution in [2.24, 2.45) is 17.1 Å². The molecule has 0 heterocycles. The van der Waals surface area contributed by atoms with Gasteiger partial charge in [-0.25, -0.2) is 10.3 Å². The third-order valence-corrected chi connectivity index (χ3v) is 2.98. The second-order valence-electron chi connectivity index (χ2n) is 6.14. The molecule has 118 valence electrons. The van der Waals surface area contributed by atoms with E-state index in [1.807, 2.05) is 0 Å². The maximum absolute atomic E-state index is 11.1. The maximum Gasteiger partial charge on any atom is 0.333 e. The first-order valence-electron chi connectivity index (χ1n) is 7.16. The molecule has 0 radical (unpaired) electrons. The average molecular weight is 286 g/mol. The van der Waals surface area contributed by atoms with Crippen molar-refractivity contribution < 1.29 is 14.4 Å². The van der Waals surface area contributed by atoms with E-state index in [9.17, 15) is 4.79 Å².